The van der Waals surface area contributed by atoms with Gasteiger partial charge in [-0.3, -0.25) is 4.98 Å². The Balaban J connectivity index is 2.05. The van der Waals surface area contributed by atoms with Gasteiger partial charge in [0.1, 0.15) is 0 Å². The van der Waals surface area contributed by atoms with Crippen LogP contribution in [0.4, 0.5) is 5.69 Å². The standard InChI is InChI=1S/C16H12N4/c17-16-13-7-8-18-9-11(13)5-6-15(16)20-14-4-2-1-3-12(14)10-19-20/h1-10H,17H2. The lowest BCUT2D eigenvalue weighted by Gasteiger charge is -2.10. The molecule has 4 aromatic rings. The molecule has 0 fully saturated rings. The first-order valence-electron chi connectivity index (χ1n) is 6.40. The summed E-state index contributed by atoms with van der Waals surface area (Å²) in [4.78, 5) is 4.12. The van der Waals surface area contributed by atoms with Crippen LogP contribution in [0.3, 0.4) is 0 Å². The lowest BCUT2D eigenvalue weighted by atomic mass is 10.1. The van der Waals surface area contributed by atoms with Crippen LogP contribution in [-0.4, -0.2) is 14.8 Å². The van der Waals surface area contributed by atoms with Gasteiger partial charge in [0.15, 0.2) is 0 Å². The van der Waals surface area contributed by atoms with Gasteiger partial charge in [0.2, 0.25) is 0 Å². The van der Waals surface area contributed by atoms with Gasteiger partial charge in [-0.15, -0.1) is 0 Å². The van der Waals surface area contributed by atoms with Crippen LogP contribution in [0, 0.1) is 0 Å². The number of nitrogens with zero attached hydrogens (tertiary/aromatic N) is 3. The summed E-state index contributed by atoms with van der Waals surface area (Å²) < 4.78 is 1.88. The highest BCUT2D eigenvalue weighted by atomic mass is 15.3. The molecule has 0 bridgehead atoms. The summed E-state index contributed by atoms with van der Waals surface area (Å²) in [5, 5.41) is 7.58. The van der Waals surface area contributed by atoms with Gasteiger partial charge < -0.3 is 5.73 Å². The van der Waals surface area contributed by atoms with E-state index in [1.807, 2.05) is 59.5 Å². The number of hydrogen-bond donors (Lipinski definition) is 1. The Kier molecular flexibility index (Phi) is 2.23. The first kappa shape index (κ1) is 11.0. The maximum absolute atomic E-state index is 6.31. The lowest BCUT2D eigenvalue weighted by Crippen LogP contribution is -2.01. The molecule has 0 amide bonds. The molecule has 0 aliphatic carbocycles. The number of hydrogen-bond acceptors (Lipinski definition) is 3. The minimum atomic E-state index is 0.721. The van der Waals surface area contributed by atoms with Gasteiger partial charge in [0.25, 0.3) is 0 Å². The van der Waals surface area contributed by atoms with Crippen LogP contribution in [-0.2, 0) is 0 Å². The first-order valence-corrected chi connectivity index (χ1v) is 6.40. The molecule has 0 aliphatic heterocycles. The summed E-state index contributed by atoms with van der Waals surface area (Å²) in [5.41, 5.74) is 8.98. The molecule has 20 heavy (non-hydrogen) atoms. The second-order valence-corrected chi connectivity index (χ2v) is 4.71. The summed E-state index contributed by atoms with van der Waals surface area (Å²) >= 11 is 0. The van der Waals surface area contributed by atoms with E-state index in [9.17, 15) is 0 Å². The fourth-order valence-corrected chi connectivity index (χ4v) is 2.53. The smallest absolute Gasteiger partial charge is 0.0888 e. The summed E-state index contributed by atoms with van der Waals surface area (Å²) in [5.74, 6) is 0. The zero-order valence-electron chi connectivity index (χ0n) is 10.7. The van der Waals surface area contributed by atoms with E-state index in [-0.39, 0.29) is 0 Å². The van der Waals surface area contributed by atoms with Crippen LogP contribution in [0.1, 0.15) is 0 Å². The van der Waals surface area contributed by atoms with E-state index in [2.05, 4.69) is 10.1 Å². The van der Waals surface area contributed by atoms with Gasteiger partial charge in [-0.05, 0) is 18.2 Å². The van der Waals surface area contributed by atoms with Crippen LogP contribution >= 0.6 is 0 Å². The first-order chi connectivity index (χ1) is 9.84. The molecule has 2 aromatic heterocycles. The minimum absolute atomic E-state index is 0.721. The van der Waals surface area contributed by atoms with Gasteiger partial charge in [0, 0.05) is 28.6 Å². The predicted molar refractivity (Wildman–Crippen MR) is 80.8 cm³/mol. The Morgan fingerprint density at radius 1 is 0.900 bits per heavy atom. The van der Waals surface area contributed by atoms with Crippen molar-refractivity contribution in [3.05, 3.63) is 61.1 Å². The molecule has 4 rings (SSSR count). The predicted octanol–water partition coefficient (Wildman–Crippen LogP) is 3.16. The van der Waals surface area contributed by atoms with Crippen molar-refractivity contribution in [2.75, 3.05) is 5.73 Å². The Morgan fingerprint density at radius 2 is 1.80 bits per heavy atom. The van der Waals surface area contributed by atoms with Crippen LogP contribution in [0.5, 0.6) is 0 Å². The van der Waals surface area contributed by atoms with E-state index >= 15 is 0 Å². The van der Waals surface area contributed by atoms with Crippen LogP contribution in [0.15, 0.2) is 61.1 Å². The van der Waals surface area contributed by atoms with Crippen molar-refractivity contribution in [2.24, 2.45) is 0 Å². The van der Waals surface area contributed by atoms with Crippen molar-refractivity contribution in [3.8, 4) is 5.69 Å². The van der Waals surface area contributed by atoms with Crippen molar-refractivity contribution in [3.63, 3.8) is 0 Å². The topological polar surface area (TPSA) is 56.7 Å². The van der Waals surface area contributed by atoms with E-state index in [0.29, 0.717) is 0 Å². The number of fused-ring (bicyclic) bond motifs is 2. The highest BCUT2D eigenvalue weighted by molar-refractivity contribution is 5.97. The summed E-state index contributed by atoms with van der Waals surface area (Å²) in [6, 6.07) is 14.0. The fraction of sp³-hybridized carbons (Fsp3) is 0. The molecule has 0 saturated carbocycles. The summed E-state index contributed by atoms with van der Waals surface area (Å²) in [7, 11) is 0. The van der Waals surface area contributed by atoms with Gasteiger partial charge in [-0.2, -0.15) is 5.10 Å². The fourth-order valence-electron chi connectivity index (χ4n) is 2.53. The molecule has 0 spiro atoms. The number of nitrogens with two attached hydrogens (primary N) is 1. The highest BCUT2D eigenvalue weighted by Crippen LogP contribution is 2.28. The Labute approximate surface area is 115 Å². The molecule has 0 aliphatic rings. The third kappa shape index (κ3) is 1.48. The van der Waals surface area contributed by atoms with Crippen molar-refractivity contribution < 1.29 is 0 Å². The maximum Gasteiger partial charge on any atom is 0.0888 e. The zero-order chi connectivity index (χ0) is 13.5. The lowest BCUT2D eigenvalue weighted by molar-refractivity contribution is 0.914. The second-order valence-electron chi connectivity index (χ2n) is 4.71. The van der Waals surface area contributed by atoms with Crippen LogP contribution in [0.2, 0.25) is 0 Å². The molecular weight excluding hydrogens is 248 g/mol. The third-order valence-corrected chi connectivity index (χ3v) is 3.54. The number of nitrogen functional groups attached to an aromatic ring is 1. The molecule has 0 unspecified atom stereocenters. The molecule has 2 heterocycles. The van der Waals surface area contributed by atoms with Crippen molar-refractivity contribution in [2.45, 2.75) is 0 Å². The summed E-state index contributed by atoms with van der Waals surface area (Å²) in [6.45, 7) is 0. The van der Waals surface area contributed by atoms with Crippen molar-refractivity contribution in [1.29, 1.82) is 0 Å². The number of benzene rings is 2. The zero-order valence-corrected chi connectivity index (χ0v) is 10.7. The van der Waals surface area contributed by atoms with E-state index in [1.54, 1.807) is 6.20 Å². The highest BCUT2D eigenvalue weighted by Gasteiger charge is 2.09. The minimum Gasteiger partial charge on any atom is -0.396 e. The third-order valence-electron chi connectivity index (χ3n) is 3.54. The van der Waals surface area contributed by atoms with Gasteiger partial charge >= 0.3 is 0 Å². The van der Waals surface area contributed by atoms with Gasteiger partial charge in [-0.25, -0.2) is 4.68 Å². The van der Waals surface area contributed by atoms with Crippen molar-refractivity contribution in [1.82, 2.24) is 14.8 Å². The molecule has 96 valence electrons. The van der Waals surface area contributed by atoms with E-state index < -0.39 is 0 Å². The quantitative estimate of drug-likeness (QED) is 0.535. The van der Waals surface area contributed by atoms with Gasteiger partial charge in [0.05, 0.1) is 23.1 Å². The molecule has 0 radical (unpaired) electrons. The normalized spacial score (nSPS) is 11.2. The molecule has 0 atom stereocenters. The van der Waals surface area contributed by atoms with E-state index in [0.717, 1.165) is 33.1 Å². The Morgan fingerprint density at radius 3 is 2.75 bits per heavy atom. The average Bonchev–Trinajstić information content (AvgIpc) is 2.92. The molecule has 0 saturated heterocycles. The number of rotatable bonds is 1. The molecule has 2 N–H and O–H groups in total. The molecule has 4 nitrogen and oxygen atoms in total. The number of aromatic nitrogens is 3. The molecule has 4 heteroatoms. The average molecular weight is 260 g/mol. The van der Waals surface area contributed by atoms with E-state index in [1.165, 1.54) is 0 Å². The number of para-hydroxylation sites is 1. The summed E-state index contributed by atoms with van der Waals surface area (Å²) in [6.07, 6.45) is 5.42. The number of pyridine rings is 1. The monoisotopic (exact) mass is 260 g/mol. The van der Waals surface area contributed by atoms with Crippen LogP contribution < -0.4 is 5.73 Å². The van der Waals surface area contributed by atoms with Crippen LogP contribution in [0.25, 0.3) is 27.4 Å². The SMILES string of the molecule is Nc1c(-n2ncc3ccccc32)ccc2cnccc12. The number of anilines is 1. The largest absolute Gasteiger partial charge is 0.396 e. The van der Waals surface area contributed by atoms with E-state index in [4.69, 9.17) is 5.73 Å². The Bertz CT molecular complexity index is 924. The van der Waals surface area contributed by atoms with Crippen molar-refractivity contribution >= 4 is 27.4 Å². The molecular formula is C16H12N4. The maximum atomic E-state index is 6.31. The molecule has 2 aromatic carbocycles. The second kappa shape index (κ2) is 4.06. The Hall–Kier alpha value is -2.88. The van der Waals surface area contributed by atoms with Gasteiger partial charge in [-0.1, -0.05) is 24.3 Å².